The highest BCUT2D eigenvalue weighted by Crippen LogP contribution is 2.16. The van der Waals surface area contributed by atoms with Crippen LogP contribution in [0.3, 0.4) is 0 Å². The molecule has 0 bridgehead atoms. The Labute approximate surface area is 91.2 Å². The van der Waals surface area contributed by atoms with Gasteiger partial charge >= 0.3 is 0 Å². The number of nitrogens with one attached hydrogen (secondary N) is 1. The van der Waals surface area contributed by atoms with E-state index in [1.807, 2.05) is 18.4 Å². The van der Waals surface area contributed by atoms with Crippen LogP contribution in [0, 0.1) is 0 Å². The van der Waals surface area contributed by atoms with Gasteiger partial charge in [0.1, 0.15) is 0 Å². The number of carbonyl (C=O) groups excluding carboxylic acids is 2. The number of aryl methyl sites for hydroxylation is 1. The molecule has 82 valence electrons. The van der Waals surface area contributed by atoms with Crippen LogP contribution in [-0.4, -0.2) is 18.4 Å². The fourth-order valence-electron chi connectivity index (χ4n) is 1.03. The van der Waals surface area contributed by atoms with Gasteiger partial charge in [0.2, 0.25) is 5.91 Å². The Kier molecular flexibility index (Phi) is 4.26. The minimum atomic E-state index is -0.628. The SMILES string of the molecule is CCc1ccsc1C(=O)NOCC(N)=O. The van der Waals surface area contributed by atoms with Crippen LogP contribution < -0.4 is 11.2 Å². The quantitative estimate of drug-likeness (QED) is 0.718. The van der Waals surface area contributed by atoms with Crippen LogP contribution >= 0.6 is 11.3 Å². The van der Waals surface area contributed by atoms with Gasteiger partial charge in [0.25, 0.3) is 5.91 Å². The number of hydrogen-bond donors (Lipinski definition) is 2. The molecule has 0 atom stereocenters. The zero-order valence-electron chi connectivity index (χ0n) is 8.28. The van der Waals surface area contributed by atoms with Crippen LogP contribution in [0.25, 0.3) is 0 Å². The number of thiophene rings is 1. The Bertz CT molecular complexity index is 362. The molecule has 0 aliphatic heterocycles. The van der Waals surface area contributed by atoms with Gasteiger partial charge in [0.05, 0.1) is 4.88 Å². The maximum atomic E-state index is 11.5. The molecule has 0 fully saturated rings. The van der Waals surface area contributed by atoms with E-state index >= 15 is 0 Å². The molecule has 6 heteroatoms. The molecule has 0 saturated carbocycles. The third kappa shape index (κ3) is 3.34. The highest BCUT2D eigenvalue weighted by atomic mass is 32.1. The Morgan fingerprint density at radius 3 is 2.93 bits per heavy atom. The summed E-state index contributed by atoms with van der Waals surface area (Å²) in [5.41, 5.74) is 7.96. The van der Waals surface area contributed by atoms with Gasteiger partial charge in [-0.3, -0.25) is 14.4 Å². The molecule has 0 saturated heterocycles. The van der Waals surface area contributed by atoms with Crippen LogP contribution in [0.2, 0.25) is 0 Å². The number of amides is 2. The van der Waals surface area contributed by atoms with Gasteiger partial charge in [0.15, 0.2) is 6.61 Å². The Morgan fingerprint density at radius 2 is 2.33 bits per heavy atom. The number of rotatable bonds is 5. The van der Waals surface area contributed by atoms with E-state index in [0.717, 1.165) is 12.0 Å². The average molecular weight is 228 g/mol. The summed E-state index contributed by atoms with van der Waals surface area (Å²) < 4.78 is 0. The van der Waals surface area contributed by atoms with Crippen LogP contribution in [0.15, 0.2) is 11.4 Å². The number of primary amides is 1. The van der Waals surface area contributed by atoms with E-state index in [9.17, 15) is 9.59 Å². The second-order valence-electron chi connectivity index (χ2n) is 2.81. The molecule has 1 rings (SSSR count). The van der Waals surface area contributed by atoms with E-state index in [4.69, 9.17) is 5.73 Å². The van der Waals surface area contributed by atoms with Crippen molar-refractivity contribution in [3.63, 3.8) is 0 Å². The second kappa shape index (κ2) is 5.47. The number of hydrogen-bond acceptors (Lipinski definition) is 4. The lowest BCUT2D eigenvalue weighted by Crippen LogP contribution is -2.29. The van der Waals surface area contributed by atoms with Crippen molar-refractivity contribution >= 4 is 23.2 Å². The van der Waals surface area contributed by atoms with E-state index in [-0.39, 0.29) is 12.5 Å². The van der Waals surface area contributed by atoms with Gasteiger partial charge in [-0.25, -0.2) is 5.48 Å². The molecule has 3 N–H and O–H groups in total. The maximum absolute atomic E-state index is 11.5. The molecule has 0 aromatic carbocycles. The first-order valence-corrected chi connectivity index (χ1v) is 5.30. The predicted octanol–water partition coefficient (Wildman–Crippen LogP) is 0.457. The molecular formula is C9H12N2O3S. The summed E-state index contributed by atoms with van der Waals surface area (Å²) in [6.45, 7) is 1.64. The summed E-state index contributed by atoms with van der Waals surface area (Å²) in [6.07, 6.45) is 0.780. The molecule has 1 aromatic heterocycles. The lowest BCUT2D eigenvalue weighted by molar-refractivity contribution is -0.124. The van der Waals surface area contributed by atoms with Crippen LogP contribution in [0.4, 0.5) is 0 Å². The molecule has 1 heterocycles. The van der Waals surface area contributed by atoms with Gasteiger partial charge in [0, 0.05) is 0 Å². The number of hydroxylamine groups is 1. The lowest BCUT2D eigenvalue weighted by atomic mass is 10.2. The first-order chi connectivity index (χ1) is 7.15. The van der Waals surface area contributed by atoms with Crippen LogP contribution in [0.1, 0.15) is 22.2 Å². The van der Waals surface area contributed by atoms with Gasteiger partial charge in [-0.1, -0.05) is 6.92 Å². The van der Waals surface area contributed by atoms with Crippen molar-refractivity contribution in [1.82, 2.24) is 5.48 Å². The van der Waals surface area contributed by atoms with E-state index in [0.29, 0.717) is 4.88 Å². The largest absolute Gasteiger partial charge is 0.368 e. The maximum Gasteiger partial charge on any atom is 0.285 e. The Balaban J connectivity index is 2.50. The third-order valence-electron chi connectivity index (χ3n) is 1.71. The van der Waals surface area contributed by atoms with Crippen LogP contribution in [-0.2, 0) is 16.1 Å². The molecule has 1 aromatic rings. The zero-order valence-corrected chi connectivity index (χ0v) is 9.10. The summed E-state index contributed by atoms with van der Waals surface area (Å²) >= 11 is 1.33. The van der Waals surface area contributed by atoms with E-state index in [1.165, 1.54) is 11.3 Å². The smallest absolute Gasteiger partial charge is 0.285 e. The molecule has 0 radical (unpaired) electrons. The molecule has 5 nitrogen and oxygen atoms in total. The van der Waals surface area contributed by atoms with E-state index in [1.54, 1.807) is 0 Å². The van der Waals surface area contributed by atoms with Crippen molar-refractivity contribution in [1.29, 1.82) is 0 Å². The van der Waals surface area contributed by atoms with Crippen molar-refractivity contribution in [2.75, 3.05) is 6.61 Å². The first kappa shape index (κ1) is 11.7. The predicted molar refractivity (Wildman–Crippen MR) is 56.3 cm³/mol. The van der Waals surface area contributed by atoms with Gasteiger partial charge in [-0.2, -0.15) is 0 Å². The Morgan fingerprint density at radius 1 is 1.60 bits per heavy atom. The molecule has 0 unspecified atom stereocenters. The van der Waals surface area contributed by atoms with Crippen molar-refractivity contribution in [3.05, 3.63) is 21.9 Å². The van der Waals surface area contributed by atoms with Crippen molar-refractivity contribution in [2.24, 2.45) is 5.73 Å². The summed E-state index contributed by atoms with van der Waals surface area (Å²) in [6, 6.07) is 1.88. The molecule has 0 aliphatic rings. The summed E-state index contributed by atoms with van der Waals surface area (Å²) in [4.78, 5) is 27.0. The standard InChI is InChI=1S/C9H12N2O3S/c1-2-6-3-4-15-8(6)9(13)11-14-5-7(10)12/h3-4H,2,5H2,1H3,(H2,10,12)(H,11,13). The highest BCUT2D eigenvalue weighted by molar-refractivity contribution is 7.12. The fraction of sp³-hybridized carbons (Fsp3) is 0.333. The van der Waals surface area contributed by atoms with E-state index in [2.05, 4.69) is 10.3 Å². The van der Waals surface area contributed by atoms with Crippen molar-refractivity contribution in [2.45, 2.75) is 13.3 Å². The summed E-state index contributed by atoms with van der Waals surface area (Å²) in [5.74, 6) is -0.972. The zero-order chi connectivity index (χ0) is 11.3. The summed E-state index contributed by atoms with van der Waals surface area (Å²) in [5, 5.41) is 1.84. The summed E-state index contributed by atoms with van der Waals surface area (Å²) in [7, 11) is 0. The fourth-order valence-corrected chi connectivity index (χ4v) is 1.91. The van der Waals surface area contributed by atoms with Crippen LogP contribution in [0.5, 0.6) is 0 Å². The topological polar surface area (TPSA) is 81.4 Å². The number of carbonyl (C=O) groups is 2. The monoisotopic (exact) mass is 228 g/mol. The molecular weight excluding hydrogens is 216 g/mol. The molecule has 0 aliphatic carbocycles. The first-order valence-electron chi connectivity index (χ1n) is 4.42. The average Bonchev–Trinajstić information content (AvgIpc) is 2.64. The van der Waals surface area contributed by atoms with E-state index < -0.39 is 5.91 Å². The van der Waals surface area contributed by atoms with Gasteiger partial charge in [-0.15, -0.1) is 11.3 Å². The number of nitrogens with two attached hydrogens (primary N) is 1. The second-order valence-corrected chi connectivity index (χ2v) is 3.73. The van der Waals surface area contributed by atoms with Gasteiger partial charge in [-0.05, 0) is 23.4 Å². The Hall–Kier alpha value is -1.40. The normalized spacial score (nSPS) is 9.93. The minimum absolute atomic E-state index is 0.321. The molecule has 0 spiro atoms. The minimum Gasteiger partial charge on any atom is -0.368 e. The molecule has 15 heavy (non-hydrogen) atoms. The van der Waals surface area contributed by atoms with Crippen molar-refractivity contribution < 1.29 is 14.4 Å². The highest BCUT2D eigenvalue weighted by Gasteiger charge is 2.11. The third-order valence-corrected chi connectivity index (χ3v) is 2.67. The van der Waals surface area contributed by atoms with Crippen molar-refractivity contribution in [3.8, 4) is 0 Å². The lowest BCUT2D eigenvalue weighted by Gasteiger charge is -2.03. The van der Waals surface area contributed by atoms with Gasteiger partial charge < -0.3 is 5.73 Å². The molecule has 2 amide bonds.